The van der Waals surface area contributed by atoms with Gasteiger partial charge in [-0.05, 0) is 60.1 Å². The predicted octanol–water partition coefficient (Wildman–Crippen LogP) is 6.46. The van der Waals surface area contributed by atoms with Crippen LogP contribution in [0.5, 0.6) is 0 Å². The van der Waals surface area contributed by atoms with Gasteiger partial charge in [0.15, 0.2) is 0 Å². The molecule has 0 fully saturated rings. The summed E-state index contributed by atoms with van der Waals surface area (Å²) in [6.45, 7) is 9.01. The van der Waals surface area contributed by atoms with Crippen molar-refractivity contribution in [3.8, 4) is 0 Å². The van der Waals surface area contributed by atoms with Crippen LogP contribution in [0.25, 0.3) is 0 Å². The van der Waals surface area contributed by atoms with Crippen molar-refractivity contribution < 1.29 is 0 Å². The Kier molecular flexibility index (Phi) is 5.44. The molecule has 0 saturated carbocycles. The molecular weight excluding hydrogens is 254 g/mol. The van der Waals surface area contributed by atoms with Gasteiger partial charge in [-0.1, -0.05) is 52.0 Å². The van der Waals surface area contributed by atoms with Crippen LogP contribution in [-0.4, -0.2) is 0 Å². The smallest absolute Gasteiger partial charge is 0.0384 e. The van der Waals surface area contributed by atoms with E-state index in [1.165, 1.54) is 24.0 Å². The SMILES string of the molecule is CCC(C)c1ccc(Nc2ccc(C(C)CC)cc2)cc1. The summed E-state index contributed by atoms with van der Waals surface area (Å²) in [6.07, 6.45) is 2.37. The van der Waals surface area contributed by atoms with Gasteiger partial charge < -0.3 is 5.32 Å². The van der Waals surface area contributed by atoms with Gasteiger partial charge in [-0.3, -0.25) is 0 Å². The lowest BCUT2D eigenvalue weighted by atomic mass is 9.98. The second-order valence-electron chi connectivity index (χ2n) is 5.99. The Morgan fingerprint density at radius 3 is 1.29 bits per heavy atom. The molecule has 112 valence electrons. The molecule has 0 aromatic heterocycles. The van der Waals surface area contributed by atoms with Crippen molar-refractivity contribution in [1.29, 1.82) is 0 Å². The average Bonchev–Trinajstić information content (AvgIpc) is 2.55. The molecule has 0 aliphatic carbocycles. The molecule has 0 saturated heterocycles. The number of anilines is 2. The monoisotopic (exact) mass is 281 g/mol. The van der Waals surface area contributed by atoms with Crippen molar-refractivity contribution >= 4 is 11.4 Å². The van der Waals surface area contributed by atoms with Gasteiger partial charge in [0.25, 0.3) is 0 Å². The van der Waals surface area contributed by atoms with Crippen molar-refractivity contribution in [2.45, 2.75) is 52.4 Å². The fraction of sp³-hybridized carbons (Fsp3) is 0.400. The van der Waals surface area contributed by atoms with Crippen LogP contribution in [0, 0.1) is 0 Å². The molecule has 1 nitrogen and oxygen atoms in total. The maximum atomic E-state index is 3.47. The van der Waals surface area contributed by atoms with Gasteiger partial charge in [0.05, 0.1) is 0 Å². The van der Waals surface area contributed by atoms with E-state index in [1.54, 1.807) is 0 Å². The van der Waals surface area contributed by atoms with E-state index in [-0.39, 0.29) is 0 Å². The van der Waals surface area contributed by atoms with Crippen LogP contribution >= 0.6 is 0 Å². The van der Waals surface area contributed by atoms with Crippen LogP contribution in [0.1, 0.15) is 63.5 Å². The number of rotatable bonds is 6. The average molecular weight is 281 g/mol. The molecule has 0 aliphatic heterocycles. The lowest BCUT2D eigenvalue weighted by molar-refractivity contribution is 0.733. The van der Waals surface area contributed by atoms with Gasteiger partial charge in [-0.15, -0.1) is 0 Å². The highest BCUT2D eigenvalue weighted by Crippen LogP contribution is 2.24. The lowest BCUT2D eigenvalue weighted by Crippen LogP contribution is -1.95. The highest BCUT2D eigenvalue weighted by atomic mass is 14.9. The zero-order valence-corrected chi connectivity index (χ0v) is 13.7. The topological polar surface area (TPSA) is 12.0 Å². The number of hydrogen-bond acceptors (Lipinski definition) is 1. The first-order chi connectivity index (χ1) is 10.1. The van der Waals surface area contributed by atoms with Gasteiger partial charge in [0, 0.05) is 11.4 Å². The third kappa shape index (κ3) is 4.10. The minimum absolute atomic E-state index is 0.633. The van der Waals surface area contributed by atoms with E-state index in [1.807, 2.05) is 0 Å². The fourth-order valence-corrected chi connectivity index (χ4v) is 2.43. The van der Waals surface area contributed by atoms with E-state index in [2.05, 4.69) is 81.5 Å². The van der Waals surface area contributed by atoms with Gasteiger partial charge in [0.2, 0.25) is 0 Å². The van der Waals surface area contributed by atoms with Crippen molar-refractivity contribution in [2.75, 3.05) is 5.32 Å². The summed E-state index contributed by atoms with van der Waals surface area (Å²) in [4.78, 5) is 0. The zero-order chi connectivity index (χ0) is 15.2. The van der Waals surface area contributed by atoms with Crippen molar-refractivity contribution in [3.63, 3.8) is 0 Å². The van der Waals surface area contributed by atoms with Gasteiger partial charge in [-0.25, -0.2) is 0 Å². The summed E-state index contributed by atoms with van der Waals surface area (Å²) in [7, 11) is 0. The molecular formula is C20H27N. The van der Waals surface area contributed by atoms with Gasteiger partial charge >= 0.3 is 0 Å². The predicted molar refractivity (Wildman–Crippen MR) is 93.6 cm³/mol. The van der Waals surface area contributed by atoms with Gasteiger partial charge in [-0.2, -0.15) is 0 Å². The first kappa shape index (κ1) is 15.6. The third-order valence-electron chi connectivity index (χ3n) is 4.47. The van der Waals surface area contributed by atoms with E-state index < -0.39 is 0 Å². The van der Waals surface area contributed by atoms with Crippen molar-refractivity contribution in [1.82, 2.24) is 0 Å². The maximum absolute atomic E-state index is 3.47. The Balaban J connectivity index is 2.04. The molecule has 1 N–H and O–H groups in total. The number of hydrogen-bond donors (Lipinski definition) is 1. The van der Waals surface area contributed by atoms with Crippen LogP contribution in [-0.2, 0) is 0 Å². The molecule has 0 bridgehead atoms. The van der Waals surface area contributed by atoms with E-state index in [4.69, 9.17) is 0 Å². The summed E-state index contributed by atoms with van der Waals surface area (Å²) in [5.74, 6) is 1.27. The Labute approximate surface area is 129 Å². The maximum Gasteiger partial charge on any atom is 0.0384 e. The highest BCUT2D eigenvalue weighted by molar-refractivity contribution is 5.60. The third-order valence-corrected chi connectivity index (χ3v) is 4.47. The van der Waals surface area contributed by atoms with Crippen LogP contribution < -0.4 is 5.32 Å². The normalized spacial score (nSPS) is 13.7. The minimum Gasteiger partial charge on any atom is -0.356 e. The highest BCUT2D eigenvalue weighted by Gasteiger charge is 2.04. The summed E-state index contributed by atoms with van der Waals surface area (Å²) < 4.78 is 0. The first-order valence-corrected chi connectivity index (χ1v) is 8.11. The Morgan fingerprint density at radius 2 is 1.00 bits per heavy atom. The summed E-state index contributed by atoms with van der Waals surface area (Å²) in [6, 6.07) is 17.6. The standard InChI is InChI=1S/C20H27N/c1-5-15(3)17-7-11-19(12-8-17)21-20-13-9-18(10-14-20)16(4)6-2/h7-16,21H,5-6H2,1-4H3. The van der Waals surface area contributed by atoms with Crippen LogP contribution in [0.2, 0.25) is 0 Å². The zero-order valence-electron chi connectivity index (χ0n) is 13.7. The van der Waals surface area contributed by atoms with E-state index >= 15 is 0 Å². The molecule has 0 amide bonds. The summed E-state index contributed by atoms with van der Waals surface area (Å²) in [5, 5.41) is 3.47. The number of benzene rings is 2. The molecule has 21 heavy (non-hydrogen) atoms. The fourth-order valence-electron chi connectivity index (χ4n) is 2.43. The molecule has 2 aromatic rings. The van der Waals surface area contributed by atoms with Crippen molar-refractivity contribution in [3.05, 3.63) is 59.7 Å². The molecule has 0 aliphatic rings. The van der Waals surface area contributed by atoms with Crippen LogP contribution in [0.4, 0.5) is 11.4 Å². The summed E-state index contributed by atoms with van der Waals surface area (Å²) in [5.41, 5.74) is 5.13. The van der Waals surface area contributed by atoms with Crippen LogP contribution in [0.15, 0.2) is 48.5 Å². The molecule has 0 heterocycles. The lowest BCUT2D eigenvalue weighted by Gasteiger charge is -2.13. The molecule has 0 spiro atoms. The van der Waals surface area contributed by atoms with Crippen LogP contribution in [0.3, 0.4) is 0 Å². The molecule has 2 rings (SSSR count). The van der Waals surface area contributed by atoms with E-state index in [9.17, 15) is 0 Å². The Hall–Kier alpha value is -1.76. The first-order valence-electron chi connectivity index (χ1n) is 8.11. The van der Waals surface area contributed by atoms with Gasteiger partial charge in [0.1, 0.15) is 0 Å². The quantitative estimate of drug-likeness (QED) is 0.641. The van der Waals surface area contributed by atoms with E-state index in [0.717, 1.165) is 11.4 Å². The molecule has 1 heteroatoms. The molecule has 2 unspecified atom stereocenters. The summed E-state index contributed by atoms with van der Waals surface area (Å²) >= 11 is 0. The second-order valence-corrected chi connectivity index (χ2v) is 5.99. The molecule has 2 atom stereocenters. The minimum atomic E-state index is 0.633. The van der Waals surface area contributed by atoms with E-state index in [0.29, 0.717) is 11.8 Å². The number of nitrogens with one attached hydrogen (secondary N) is 1. The molecule has 0 radical (unpaired) electrons. The second kappa shape index (κ2) is 7.31. The molecule has 2 aromatic carbocycles. The Morgan fingerprint density at radius 1 is 0.667 bits per heavy atom. The largest absolute Gasteiger partial charge is 0.356 e. The Bertz CT molecular complexity index is 488. The van der Waals surface area contributed by atoms with Crippen molar-refractivity contribution in [2.24, 2.45) is 0 Å².